The van der Waals surface area contributed by atoms with Crippen LogP contribution in [0.15, 0.2) is 101 Å². The van der Waals surface area contributed by atoms with Gasteiger partial charge in [0.15, 0.2) is 11.7 Å². The molecule has 0 aromatic heterocycles. The van der Waals surface area contributed by atoms with E-state index < -0.39 is 23.9 Å². The fourth-order valence-corrected chi connectivity index (χ4v) is 3.49. The molecule has 1 aliphatic rings. The lowest BCUT2D eigenvalue weighted by Crippen LogP contribution is -2.47. The van der Waals surface area contributed by atoms with Crippen LogP contribution in [0.1, 0.15) is 22.8 Å². The van der Waals surface area contributed by atoms with E-state index in [1.54, 1.807) is 0 Å². The number of amidine groups is 2. The summed E-state index contributed by atoms with van der Waals surface area (Å²) in [5.41, 5.74) is 17.7. The normalized spacial score (nSPS) is 19.0. The minimum atomic E-state index is -1.50. The zero-order valence-corrected chi connectivity index (χ0v) is 19.7. The lowest BCUT2D eigenvalue weighted by Gasteiger charge is -2.13. The zero-order valence-electron chi connectivity index (χ0n) is 19.7. The maximum absolute atomic E-state index is 12.1. The number of nitrogens with one attached hydrogen (secondary N) is 2. The van der Waals surface area contributed by atoms with Crippen molar-refractivity contribution < 1.29 is 23.8 Å². The van der Waals surface area contributed by atoms with Gasteiger partial charge in [0.25, 0.3) is 0 Å². The van der Waals surface area contributed by atoms with E-state index in [-0.39, 0.29) is 24.9 Å². The molecule has 3 aromatic carbocycles. The molecule has 37 heavy (non-hydrogen) atoms. The van der Waals surface area contributed by atoms with Crippen LogP contribution in [-0.4, -0.2) is 29.5 Å². The van der Waals surface area contributed by atoms with Crippen molar-refractivity contribution in [2.24, 2.45) is 21.7 Å². The average Bonchev–Trinajstić information content (AvgIpc) is 3.71. The standard InChI is InChI=1S/C26H26N6O5/c27-22(29-31-24(33)35-16-18-10-4-1-5-11-18)26(21(37-26)20-14-8-3-9-15-20)23(28)30-32-25(34)36-17-19-12-6-2-7-13-19/h1-15,21H,16-17H2,(H2,27,29)(H2,28,30)(H,31,33)(H,32,34)/t21-/m1/s1. The van der Waals surface area contributed by atoms with E-state index in [1.807, 2.05) is 91.0 Å². The lowest BCUT2D eigenvalue weighted by molar-refractivity contribution is 0.139. The number of nitrogens with zero attached hydrogens (tertiary/aromatic N) is 2. The highest BCUT2D eigenvalue weighted by Gasteiger charge is 2.64. The summed E-state index contributed by atoms with van der Waals surface area (Å²) in [5.74, 6) is -0.363. The molecule has 1 aliphatic heterocycles. The second-order valence-corrected chi connectivity index (χ2v) is 7.99. The third-order valence-corrected chi connectivity index (χ3v) is 5.44. The van der Waals surface area contributed by atoms with Crippen LogP contribution >= 0.6 is 0 Å². The number of hydrazone groups is 2. The minimum Gasteiger partial charge on any atom is -0.443 e. The van der Waals surface area contributed by atoms with Crippen LogP contribution < -0.4 is 22.3 Å². The number of amides is 2. The Balaban J connectivity index is 1.42. The number of carbonyl (C=O) groups is 2. The molecule has 11 heteroatoms. The minimum absolute atomic E-state index is 0.0506. The van der Waals surface area contributed by atoms with Crippen LogP contribution in [0.3, 0.4) is 0 Å². The van der Waals surface area contributed by atoms with Crippen molar-refractivity contribution in [2.75, 3.05) is 0 Å². The summed E-state index contributed by atoms with van der Waals surface area (Å²) in [6.45, 7) is 0.101. The summed E-state index contributed by atoms with van der Waals surface area (Å²) in [7, 11) is 0. The number of hydrogen-bond acceptors (Lipinski definition) is 7. The summed E-state index contributed by atoms with van der Waals surface area (Å²) < 4.78 is 16.1. The van der Waals surface area contributed by atoms with Gasteiger partial charge in [-0.05, 0) is 16.7 Å². The monoisotopic (exact) mass is 502 g/mol. The molecule has 0 radical (unpaired) electrons. The van der Waals surface area contributed by atoms with E-state index in [2.05, 4.69) is 21.1 Å². The molecule has 0 spiro atoms. The van der Waals surface area contributed by atoms with Gasteiger partial charge in [-0.25, -0.2) is 20.4 Å². The van der Waals surface area contributed by atoms with Crippen LogP contribution in [-0.2, 0) is 27.4 Å². The van der Waals surface area contributed by atoms with E-state index in [0.717, 1.165) is 16.7 Å². The molecule has 0 aliphatic carbocycles. The van der Waals surface area contributed by atoms with Crippen molar-refractivity contribution >= 4 is 23.9 Å². The highest BCUT2D eigenvalue weighted by Crippen LogP contribution is 2.50. The highest BCUT2D eigenvalue weighted by atomic mass is 16.6. The van der Waals surface area contributed by atoms with E-state index in [0.29, 0.717) is 0 Å². The topological polar surface area (TPSA) is 166 Å². The second-order valence-electron chi connectivity index (χ2n) is 7.99. The molecule has 0 saturated carbocycles. The Morgan fingerprint density at radius 1 is 0.730 bits per heavy atom. The van der Waals surface area contributed by atoms with Gasteiger partial charge in [0.05, 0.1) is 0 Å². The number of nitrogens with two attached hydrogens (primary N) is 2. The predicted molar refractivity (Wildman–Crippen MR) is 136 cm³/mol. The third-order valence-electron chi connectivity index (χ3n) is 5.44. The Morgan fingerprint density at radius 3 is 1.57 bits per heavy atom. The van der Waals surface area contributed by atoms with Crippen LogP contribution in [0.4, 0.5) is 9.59 Å². The van der Waals surface area contributed by atoms with Gasteiger partial charge in [-0.1, -0.05) is 91.0 Å². The van der Waals surface area contributed by atoms with Gasteiger partial charge in [-0.3, -0.25) is 0 Å². The molecule has 11 nitrogen and oxygen atoms in total. The van der Waals surface area contributed by atoms with E-state index >= 15 is 0 Å². The molecule has 4 rings (SSSR count). The van der Waals surface area contributed by atoms with E-state index in [4.69, 9.17) is 25.7 Å². The Bertz CT molecular complexity index is 1190. The predicted octanol–water partition coefficient (Wildman–Crippen LogP) is 2.89. The van der Waals surface area contributed by atoms with Gasteiger partial charge in [0.2, 0.25) is 5.60 Å². The number of epoxide rings is 1. The Hall–Kier alpha value is -4.90. The van der Waals surface area contributed by atoms with Crippen molar-refractivity contribution in [3.8, 4) is 0 Å². The molecule has 1 heterocycles. The molecule has 3 aromatic rings. The van der Waals surface area contributed by atoms with E-state index in [1.165, 1.54) is 0 Å². The largest absolute Gasteiger partial charge is 0.443 e. The number of ether oxygens (including phenoxy) is 3. The first-order valence-corrected chi connectivity index (χ1v) is 11.3. The Labute approximate surface area is 213 Å². The molecule has 1 saturated heterocycles. The SMILES string of the molecule is N/C(=N\NC(=O)OCc1ccccc1)C1(/C(N)=N/NC(=O)OCc2ccccc2)O[C@@H]1c1ccccc1. The third kappa shape index (κ3) is 6.41. The van der Waals surface area contributed by atoms with Crippen molar-refractivity contribution in [2.45, 2.75) is 24.9 Å². The fourth-order valence-electron chi connectivity index (χ4n) is 3.49. The summed E-state index contributed by atoms with van der Waals surface area (Å²) >= 11 is 0. The molecule has 1 atom stereocenters. The average molecular weight is 503 g/mol. The molecule has 2 amide bonds. The number of carbonyl (C=O) groups excluding carboxylic acids is 2. The van der Waals surface area contributed by atoms with Crippen molar-refractivity contribution in [3.05, 3.63) is 108 Å². The van der Waals surface area contributed by atoms with E-state index in [9.17, 15) is 9.59 Å². The summed E-state index contributed by atoms with van der Waals surface area (Å²) in [6, 6.07) is 27.4. The number of benzene rings is 3. The first-order valence-electron chi connectivity index (χ1n) is 11.3. The maximum atomic E-state index is 12.1. The van der Waals surface area contributed by atoms with Crippen LogP contribution in [0, 0.1) is 0 Å². The first kappa shape index (κ1) is 25.2. The van der Waals surface area contributed by atoms with Crippen LogP contribution in [0.25, 0.3) is 0 Å². The van der Waals surface area contributed by atoms with Gasteiger partial charge < -0.3 is 25.7 Å². The zero-order chi connectivity index (χ0) is 26.1. The van der Waals surface area contributed by atoms with Gasteiger partial charge in [-0.2, -0.15) is 10.2 Å². The van der Waals surface area contributed by atoms with Gasteiger partial charge in [-0.15, -0.1) is 0 Å². The number of rotatable bonds is 9. The summed E-state index contributed by atoms with van der Waals surface area (Å²) in [4.78, 5) is 24.2. The molecule has 190 valence electrons. The molecule has 0 unspecified atom stereocenters. The Kier molecular flexibility index (Phi) is 7.96. The van der Waals surface area contributed by atoms with Crippen molar-refractivity contribution in [3.63, 3.8) is 0 Å². The van der Waals surface area contributed by atoms with Gasteiger partial charge >= 0.3 is 12.2 Å². The summed E-state index contributed by atoms with van der Waals surface area (Å²) in [5, 5.41) is 7.82. The maximum Gasteiger partial charge on any atom is 0.428 e. The van der Waals surface area contributed by atoms with Crippen molar-refractivity contribution in [1.29, 1.82) is 0 Å². The quantitative estimate of drug-likeness (QED) is 0.151. The lowest BCUT2D eigenvalue weighted by atomic mass is 9.97. The number of hydrogen-bond donors (Lipinski definition) is 4. The van der Waals surface area contributed by atoms with Crippen LogP contribution in [0.2, 0.25) is 0 Å². The summed E-state index contributed by atoms with van der Waals surface area (Å²) in [6.07, 6.45) is -2.29. The Morgan fingerprint density at radius 2 is 1.14 bits per heavy atom. The molecular weight excluding hydrogens is 476 g/mol. The smallest absolute Gasteiger partial charge is 0.428 e. The second kappa shape index (κ2) is 11.7. The molecule has 6 N–H and O–H groups in total. The highest BCUT2D eigenvalue weighted by molar-refractivity contribution is 6.15. The fraction of sp³-hybridized carbons (Fsp3) is 0.154. The molecule has 1 fully saturated rings. The molecule has 0 bridgehead atoms. The van der Waals surface area contributed by atoms with Crippen molar-refractivity contribution in [1.82, 2.24) is 10.9 Å². The molecular formula is C26H26N6O5. The van der Waals surface area contributed by atoms with Gasteiger partial charge in [0.1, 0.15) is 19.3 Å². The van der Waals surface area contributed by atoms with Crippen LogP contribution in [0.5, 0.6) is 0 Å². The van der Waals surface area contributed by atoms with Gasteiger partial charge in [0, 0.05) is 0 Å². The first-order chi connectivity index (χ1) is 18.0.